The smallest absolute Gasteiger partial charge is 0.258 e. The Kier molecular flexibility index (Phi) is 5.15. The van der Waals surface area contributed by atoms with Crippen LogP contribution < -0.4 is 15.6 Å². The minimum absolute atomic E-state index is 0.150. The number of hydrogen-bond donors (Lipinski definition) is 2. The van der Waals surface area contributed by atoms with Crippen LogP contribution in [0.1, 0.15) is 22.4 Å². The van der Waals surface area contributed by atoms with Crippen LogP contribution in [0.5, 0.6) is 5.75 Å². The number of hydrogen-bond acceptors (Lipinski definition) is 4. The van der Waals surface area contributed by atoms with Gasteiger partial charge in [-0.3, -0.25) is 9.59 Å². The molecule has 2 N–H and O–H groups in total. The molecule has 0 radical (unpaired) electrons. The minimum atomic E-state index is -0.325. The van der Waals surface area contributed by atoms with E-state index in [-0.39, 0.29) is 24.6 Å². The molecule has 0 unspecified atom stereocenters. The van der Waals surface area contributed by atoms with E-state index in [4.69, 9.17) is 10.00 Å². The van der Waals surface area contributed by atoms with Gasteiger partial charge in [0, 0.05) is 17.8 Å². The molecule has 23 heavy (non-hydrogen) atoms. The first-order chi connectivity index (χ1) is 11.0. The van der Waals surface area contributed by atoms with Crippen molar-refractivity contribution in [1.29, 1.82) is 5.26 Å². The summed E-state index contributed by atoms with van der Waals surface area (Å²) >= 11 is 0. The largest absolute Gasteiger partial charge is 0.484 e. The molecule has 0 bridgehead atoms. The van der Waals surface area contributed by atoms with Gasteiger partial charge >= 0.3 is 0 Å². The second kappa shape index (κ2) is 7.27. The summed E-state index contributed by atoms with van der Waals surface area (Å²) in [5, 5.41) is 11.4. The predicted molar refractivity (Wildman–Crippen MR) is 85.0 cm³/mol. The molecule has 0 saturated carbocycles. The quantitative estimate of drug-likeness (QED) is 0.876. The molecule has 118 valence electrons. The van der Waals surface area contributed by atoms with Crippen molar-refractivity contribution in [2.75, 3.05) is 6.61 Å². The van der Waals surface area contributed by atoms with Crippen LogP contribution in [0.15, 0.2) is 35.1 Å². The highest BCUT2D eigenvalue weighted by Crippen LogP contribution is 2.11. The number of ether oxygens (including phenoxy) is 1. The Bertz CT molecular complexity index is 801. The molecule has 0 aliphatic heterocycles. The van der Waals surface area contributed by atoms with Gasteiger partial charge in [-0.25, -0.2) is 0 Å². The van der Waals surface area contributed by atoms with Crippen LogP contribution in [-0.2, 0) is 11.3 Å². The molecule has 0 atom stereocenters. The summed E-state index contributed by atoms with van der Waals surface area (Å²) in [5.74, 6) is 0.178. The van der Waals surface area contributed by atoms with Gasteiger partial charge in [0.25, 0.3) is 11.5 Å². The van der Waals surface area contributed by atoms with Crippen molar-refractivity contribution in [2.24, 2.45) is 0 Å². The fourth-order valence-electron chi connectivity index (χ4n) is 2.11. The Balaban J connectivity index is 1.88. The summed E-state index contributed by atoms with van der Waals surface area (Å²) in [5.41, 5.74) is 2.47. The predicted octanol–water partition coefficient (Wildman–Crippen LogP) is 1.56. The Hall–Kier alpha value is -3.07. The molecule has 1 amide bonds. The fraction of sp³-hybridized carbons (Fsp3) is 0.235. The lowest BCUT2D eigenvalue weighted by Gasteiger charge is -2.09. The van der Waals surface area contributed by atoms with Gasteiger partial charge in [-0.15, -0.1) is 0 Å². The number of carbonyl (C=O) groups excluding carboxylic acids is 1. The van der Waals surface area contributed by atoms with E-state index >= 15 is 0 Å². The lowest BCUT2D eigenvalue weighted by atomic mass is 10.1. The Morgan fingerprint density at radius 3 is 2.61 bits per heavy atom. The topological polar surface area (TPSA) is 95.0 Å². The van der Waals surface area contributed by atoms with Gasteiger partial charge in [-0.2, -0.15) is 5.26 Å². The molecule has 0 fully saturated rings. The Labute approximate surface area is 133 Å². The highest BCUT2D eigenvalue weighted by Gasteiger charge is 2.08. The van der Waals surface area contributed by atoms with Crippen molar-refractivity contribution in [3.63, 3.8) is 0 Å². The van der Waals surface area contributed by atoms with E-state index in [1.165, 1.54) is 0 Å². The van der Waals surface area contributed by atoms with E-state index in [0.29, 0.717) is 16.9 Å². The first-order valence-electron chi connectivity index (χ1n) is 7.08. The van der Waals surface area contributed by atoms with Gasteiger partial charge in [0.1, 0.15) is 5.75 Å². The molecule has 0 aliphatic rings. The molecule has 0 spiro atoms. The average Bonchev–Trinajstić information content (AvgIpc) is 2.52. The second-order valence-electron chi connectivity index (χ2n) is 5.14. The third-order valence-corrected chi connectivity index (χ3v) is 3.31. The molecule has 1 heterocycles. The maximum atomic E-state index is 11.8. The molecular formula is C17H17N3O3. The first-order valence-corrected chi connectivity index (χ1v) is 7.08. The Morgan fingerprint density at radius 1 is 1.30 bits per heavy atom. The van der Waals surface area contributed by atoms with Gasteiger partial charge < -0.3 is 15.0 Å². The normalized spacial score (nSPS) is 9.96. The molecule has 2 aromatic rings. The highest BCUT2D eigenvalue weighted by atomic mass is 16.5. The molecule has 0 aliphatic carbocycles. The first kappa shape index (κ1) is 16.3. The van der Waals surface area contributed by atoms with Crippen LogP contribution in [0.25, 0.3) is 0 Å². The molecule has 0 saturated heterocycles. The number of pyridine rings is 1. The zero-order valence-electron chi connectivity index (χ0n) is 13.0. The van der Waals surface area contributed by atoms with E-state index in [9.17, 15) is 9.59 Å². The van der Waals surface area contributed by atoms with Gasteiger partial charge in [0.15, 0.2) is 6.61 Å². The van der Waals surface area contributed by atoms with Crippen LogP contribution in [0.2, 0.25) is 0 Å². The van der Waals surface area contributed by atoms with E-state index < -0.39 is 0 Å². The van der Waals surface area contributed by atoms with Crippen molar-refractivity contribution in [3.05, 3.63) is 63.1 Å². The van der Waals surface area contributed by atoms with Crippen molar-refractivity contribution in [3.8, 4) is 11.8 Å². The van der Waals surface area contributed by atoms with Gasteiger partial charge in [0.2, 0.25) is 0 Å². The van der Waals surface area contributed by atoms with E-state index in [2.05, 4.69) is 10.3 Å². The maximum Gasteiger partial charge on any atom is 0.258 e. The van der Waals surface area contributed by atoms with Gasteiger partial charge in [-0.05, 0) is 49.7 Å². The van der Waals surface area contributed by atoms with Crippen molar-refractivity contribution < 1.29 is 9.53 Å². The lowest BCUT2D eigenvalue weighted by Crippen LogP contribution is -2.31. The van der Waals surface area contributed by atoms with Gasteiger partial charge in [0.05, 0.1) is 11.6 Å². The van der Waals surface area contributed by atoms with E-state index in [1.54, 1.807) is 24.3 Å². The molecule has 6 heteroatoms. The summed E-state index contributed by atoms with van der Waals surface area (Å²) in [6, 6.07) is 10.3. The molecule has 2 rings (SSSR count). The van der Waals surface area contributed by atoms with Crippen LogP contribution >= 0.6 is 0 Å². The summed E-state index contributed by atoms with van der Waals surface area (Å²) in [4.78, 5) is 26.4. The summed E-state index contributed by atoms with van der Waals surface area (Å²) in [7, 11) is 0. The third-order valence-electron chi connectivity index (χ3n) is 3.31. The van der Waals surface area contributed by atoms with Crippen molar-refractivity contribution in [1.82, 2.24) is 10.3 Å². The SMILES string of the molecule is Cc1cc(C)c(CNC(=O)COc2ccc(C#N)cc2)c(=O)[nH]1. The number of aromatic amines is 1. The number of aromatic nitrogens is 1. The van der Waals surface area contributed by atoms with Crippen LogP contribution in [0.4, 0.5) is 0 Å². The summed E-state index contributed by atoms with van der Waals surface area (Å²) in [6.45, 7) is 3.63. The number of carbonyl (C=O) groups is 1. The maximum absolute atomic E-state index is 11.8. The van der Waals surface area contributed by atoms with Gasteiger partial charge in [-0.1, -0.05) is 0 Å². The lowest BCUT2D eigenvalue weighted by molar-refractivity contribution is -0.123. The average molecular weight is 311 g/mol. The second-order valence-corrected chi connectivity index (χ2v) is 5.14. The summed E-state index contributed by atoms with van der Waals surface area (Å²) < 4.78 is 5.33. The summed E-state index contributed by atoms with van der Waals surface area (Å²) in [6.07, 6.45) is 0. The molecular weight excluding hydrogens is 294 g/mol. The van der Waals surface area contributed by atoms with Crippen LogP contribution in [-0.4, -0.2) is 17.5 Å². The van der Waals surface area contributed by atoms with Crippen LogP contribution in [0, 0.1) is 25.2 Å². The number of benzene rings is 1. The van der Waals surface area contributed by atoms with E-state index in [0.717, 1.165) is 11.3 Å². The highest BCUT2D eigenvalue weighted by molar-refractivity contribution is 5.77. The number of aryl methyl sites for hydroxylation is 2. The number of H-pyrrole nitrogens is 1. The van der Waals surface area contributed by atoms with Crippen molar-refractivity contribution in [2.45, 2.75) is 20.4 Å². The molecule has 1 aromatic heterocycles. The molecule has 1 aromatic carbocycles. The monoisotopic (exact) mass is 311 g/mol. The third kappa shape index (κ3) is 4.45. The zero-order valence-corrected chi connectivity index (χ0v) is 13.0. The number of rotatable bonds is 5. The minimum Gasteiger partial charge on any atom is -0.484 e. The zero-order chi connectivity index (χ0) is 16.8. The number of nitrogens with zero attached hydrogens (tertiary/aromatic N) is 1. The Morgan fingerprint density at radius 2 is 2.00 bits per heavy atom. The van der Waals surface area contributed by atoms with E-state index in [1.807, 2.05) is 26.0 Å². The van der Waals surface area contributed by atoms with Crippen LogP contribution in [0.3, 0.4) is 0 Å². The number of nitriles is 1. The standard InChI is InChI=1S/C17H17N3O3/c1-11-7-12(2)20-17(22)15(11)9-19-16(21)10-23-14-5-3-13(8-18)4-6-14/h3-7H,9-10H2,1-2H3,(H,19,21)(H,20,22). The van der Waals surface area contributed by atoms with Crippen molar-refractivity contribution >= 4 is 5.91 Å². The fourth-order valence-corrected chi connectivity index (χ4v) is 2.11. The number of amides is 1. The number of nitrogens with one attached hydrogen (secondary N) is 2. The molecule has 6 nitrogen and oxygen atoms in total.